The van der Waals surface area contributed by atoms with E-state index in [9.17, 15) is 9.90 Å². The van der Waals surface area contributed by atoms with Crippen LogP contribution in [0.2, 0.25) is 0 Å². The van der Waals surface area contributed by atoms with Crippen molar-refractivity contribution in [2.45, 2.75) is 125 Å². The van der Waals surface area contributed by atoms with Gasteiger partial charge in [-0.25, -0.2) is 4.79 Å². The van der Waals surface area contributed by atoms with Crippen LogP contribution in [0.5, 0.6) is 11.5 Å². The number of carbonyl (C=O) groups is 1. The standard InChI is InChI=1S/C39H60O4/c1-8-28(25(2)3)12-9-26(4)32-15-16-33-31-14-13-29-24-30(19-21-38(29,5)34(31)20-22-39(32,33)6)43-37(41)18-11-27-10-17-35(40)36(23-27)42-7/h10-11,17-18,23,25-26,28-34,40H,8-9,12-16,19-22,24H2,1-7H3/b18-11+/t26-,28-,29+,30+,31+,32-,33+,34+,38+,39-/m1/s1. The van der Waals surface area contributed by atoms with Gasteiger partial charge in [0.05, 0.1) is 7.11 Å². The Morgan fingerprint density at radius 3 is 2.47 bits per heavy atom. The van der Waals surface area contributed by atoms with E-state index in [2.05, 4.69) is 41.5 Å². The molecule has 0 radical (unpaired) electrons. The number of phenols is 1. The van der Waals surface area contributed by atoms with E-state index in [4.69, 9.17) is 9.47 Å². The van der Waals surface area contributed by atoms with Gasteiger partial charge in [0.2, 0.25) is 0 Å². The lowest BCUT2D eigenvalue weighted by Gasteiger charge is -2.61. The topological polar surface area (TPSA) is 55.8 Å². The maximum Gasteiger partial charge on any atom is 0.331 e. The predicted octanol–water partition coefficient (Wildman–Crippen LogP) is 10.1. The van der Waals surface area contributed by atoms with Gasteiger partial charge in [0.15, 0.2) is 11.5 Å². The SMILES string of the molecule is CC[C@H](CC[C@@H](C)[C@H]1CC[C@H]2[C@@H]3CC[C@H]4C[C@@H](OC(=O)/C=C/c5ccc(O)c(OC)c5)CC[C@]4(C)[C@H]3CC[C@]12C)C(C)C. The highest BCUT2D eigenvalue weighted by atomic mass is 16.5. The molecule has 4 nitrogen and oxygen atoms in total. The van der Waals surface area contributed by atoms with Crippen molar-refractivity contribution in [1.82, 2.24) is 0 Å². The summed E-state index contributed by atoms with van der Waals surface area (Å²) in [5, 5.41) is 9.83. The number of ether oxygens (including phenoxy) is 2. The summed E-state index contributed by atoms with van der Waals surface area (Å²) in [4.78, 5) is 12.8. The molecule has 0 amide bonds. The molecule has 4 saturated carbocycles. The highest BCUT2D eigenvalue weighted by Gasteiger charge is 2.60. The van der Waals surface area contributed by atoms with E-state index in [1.807, 2.05) is 0 Å². The average Bonchev–Trinajstić information content (AvgIpc) is 3.34. The first-order valence-corrected chi connectivity index (χ1v) is 17.8. The Balaban J connectivity index is 1.17. The summed E-state index contributed by atoms with van der Waals surface area (Å²) in [5.74, 6) is 6.95. The van der Waals surface area contributed by atoms with E-state index in [1.165, 1.54) is 77.4 Å². The lowest BCUT2D eigenvalue weighted by molar-refractivity contribution is -0.157. The second-order valence-corrected chi connectivity index (χ2v) is 16.0. The molecule has 43 heavy (non-hydrogen) atoms. The molecule has 4 fully saturated rings. The van der Waals surface area contributed by atoms with Gasteiger partial charge in [-0.1, -0.05) is 60.5 Å². The molecule has 0 heterocycles. The van der Waals surface area contributed by atoms with Crippen LogP contribution in [0.4, 0.5) is 0 Å². The molecule has 240 valence electrons. The van der Waals surface area contributed by atoms with Crippen LogP contribution < -0.4 is 4.74 Å². The molecule has 10 atom stereocenters. The summed E-state index contributed by atoms with van der Waals surface area (Å²) in [5.41, 5.74) is 1.72. The molecule has 0 spiro atoms. The lowest BCUT2D eigenvalue weighted by atomic mass is 9.44. The Bertz CT molecular complexity index is 1140. The van der Waals surface area contributed by atoms with Crippen molar-refractivity contribution < 1.29 is 19.4 Å². The van der Waals surface area contributed by atoms with Crippen LogP contribution >= 0.6 is 0 Å². The summed E-state index contributed by atoms with van der Waals surface area (Å²) in [6.45, 7) is 15.1. The van der Waals surface area contributed by atoms with Gasteiger partial charge in [-0.2, -0.15) is 0 Å². The van der Waals surface area contributed by atoms with Crippen LogP contribution in [0.1, 0.15) is 124 Å². The first-order valence-electron chi connectivity index (χ1n) is 17.8. The van der Waals surface area contributed by atoms with Crippen molar-refractivity contribution in [1.29, 1.82) is 0 Å². The fourth-order valence-electron chi connectivity index (χ4n) is 11.2. The number of carbonyl (C=O) groups excluding carboxylic acids is 1. The highest BCUT2D eigenvalue weighted by Crippen LogP contribution is 2.68. The smallest absolute Gasteiger partial charge is 0.331 e. The molecule has 5 rings (SSSR count). The molecule has 0 unspecified atom stereocenters. The number of hydrogen-bond donors (Lipinski definition) is 1. The molecular weight excluding hydrogens is 532 g/mol. The van der Waals surface area contributed by atoms with Crippen LogP contribution in [0.15, 0.2) is 24.3 Å². The van der Waals surface area contributed by atoms with Crippen molar-refractivity contribution in [3.63, 3.8) is 0 Å². The van der Waals surface area contributed by atoms with E-state index in [1.54, 1.807) is 24.3 Å². The summed E-state index contributed by atoms with van der Waals surface area (Å²) in [6, 6.07) is 5.07. The molecule has 0 bridgehead atoms. The number of esters is 1. The van der Waals surface area contributed by atoms with E-state index in [0.29, 0.717) is 22.5 Å². The molecule has 1 aromatic carbocycles. The second-order valence-electron chi connectivity index (χ2n) is 16.0. The van der Waals surface area contributed by atoms with E-state index < -0.39 is 0 Å². The molecule has 4 heteroatoms. The van der Waals surface area contributed by atoms with Gasteiger partial charge in [-0.05, 0) is 146 Å². The van der Waals surface area contributed by atoms with Crippen molar-refractivity contribution in [2.75, 3.05) is 7.11 Å². The largest absolute Gasteiger partial charge is 0.504 e. The molecule has 0 saturated heterocycles. The quantitative estimate of drug-likeness (QED) is 0.217. The van der Waals surface area contributed by atoms with Crippen molar-refractivity contribution in [3.05, 3.63) is 29.8 Å². The minimum Gasteiger partial charge on any atom is -0.504 e. The van der Waals surface area contributed by atoms with Crippen molar-refractivity contribution in [3.8, 4) is 11.5 Å². The first-order chi connectivity index (χ1) is 20.5. The Hall–Kier alpha value is -1.97. The molecule has 0 aromatic heterocycles. The highest BCUT2D eigenvalue weighted by molar-refractivity contribution is 5.87. The van der Waals surface area contributed by atoms with Gasteiger partial charge in [0, 0.05) is 6.08 Å². The van der Waals surface area contributed by atoms with E-state index in [-0.39, 0.29) is 17.8 Å². The Morgan fingerprint density at radius 1 is 1.00 bits per heavy atom. The van der Waals surface area contributed by atoms with E-state index in [0.717, 1.165) is 59.8 Å². The molecule has 4 aliphatic carbocycles. The summed E-state index contributed by atoms with van der Waals surface area (Å²) in [7, 11) is 1.52. The van der Waals surface area contributed by atoms with Crippen LogP contribution in [-0.4, -0.2) is 24.3 Å². The zero-order chi connectivity index (χ0) is 30.9. The minimum atomic E-state index is -0.271. The Morgan fingerprint density at radius 2 is 1.74 bits per heavy atom. The Labute approximate surface area is 262 Å². The number of hydrogen-bond acceptors (Lipinski definition) is 4. The zero-order valence-electron chi connectivity index (χ0n) is 28.2. The second kappa shape index (κ2) is 13.2. The van der Waals surface area contributed by atoms with Crippen LogP contribution in [0.3, 0.4) is 0 Å². The number of benzene rings is 1. The maximum absolute atomic E-state index is 12.8. The van der Waals surface area contributed by atoms with Gasteiger partial charge in [0.1, 0.15) is 6.10 Å². The molecule has 1 aromatic rings. The van der Waals surface area contributed by atoms with Crippen LogP contribution in [-0.2, 0) is 9.53 Å². The average molecular weight is 593 g/mol. The number of methoxy groups -OCH3 is 1. The van der Waals surface area contributed by atoms with Gasteiger partial charge in [-0.15, -0.1) is 0 Å². The molecule has 0 aliphatic heterocycles. The van der Waals surface area contributed by atoms with Gasteiger partial charge in [-0.3, -0.25) is 0 Å². The van der Waals surface area contributed by atoms with Crippen molar-refractivity contribution >= 4 is 12.0 Å². The number of phenolic OH excluding ortho intramolecular Hbond substituents is 1. The number of aromatic hydroxyl groups is 1. The van der Waals surface area contributed by atoms with Gasteiger partial charge >= 0.3 is 5.97 Å². The first kappa shape index (κ1) is 32.4. The van der Waals surface area contributed by atoms with Crippen molar-refractivity contribution in [2.24, 2.45) is 58.2 Å². The predicted molar refractivity (Wildman–Crippen MR) is 176 cm³/mol. The third-order valence-corrected chi connectivity index (χ3v) is 13.7. The molecule has 1 N–H and O–H groups in total. The third kappa shape index (κ3) is 6.41. The normalized spacial score (nSPS) is 36.9. The van der Waals surface area contributed by atoms with Gasteiger partial charge in [0.25, 0.3) is 0 Å². The Kier molecular flexibility index (Phi) is 9.94. The van der Waals surface area contributed by atoms with Crippen LogP contribution in [0, 0.1) is 58.2 Å². The number of fused-ring (bicyclic) bond motifs is 5. The fourth-order valence-corrected chi connectivity index (χ4v) is 11.2. The summed E-state index contributed by atoms with van der Waals surface area (Å²) < 4.78 is 11.2. The minimum absolute atomic E-state index is 0.0180. The van der Waals surface area contributed by atoms with Gasteiger partial charge < -0.3 is 14.6 Å². The monoisotopic (exact) mass is 592 g/mol. The fraction of sp³-hybridized carbons (Fsp3) is 0.769. The zero-order valence-corrected chi connectivity index (χ0v) is 28.2. The van der Waals surface area contributed by atoms with E-state index >= 15 is 0 Å². The third-order valence-electron chi connectivity index (χ3n) is 13.7. The number of rotatable bonds is 10. The molecule has 4 aliphatic rings. The summed E-state index contributed by atoms with van der Waals surface area (Å²) in [6.07, 6.45) is 19.0. The van der Waals surface area contributed by atoms with Crippen LogP contribution in [0.25, 0.3) is 6.08 Å². The maximum atomic E-state index is 12.8. The lowest BCUT2D eigenvalue weighted by Crippen LogP contribution is -2.54. The molecular formula is C39H60O4. The summed E-state index contributed by atoms with van der Waals surface area (Å²) >= 11 is 0.